The van der Waals surface area contributed by atoms with Crippen LogP contribution in [0.2, 0.25) is 0 Å². The Labute approximate surface area is 162 Å². The fraction of sp³-hybridized carbons (Fsp3) is 0.333. The molecule has 2 heterocycles. The van der Waals surface area contributed by atoms with Crippen LogP contribution in [0.15, 0.2) is 40.3 Å². The monoisotopic (exact) mass is 387 g/mol. The number of ether oxygens (including phenoxy) is 1. The van der Waals surface area contributed by atoms with Gasteiger partial charge in [0.2, 0.25) is 0 Å². The highest BCUT2D eigenvalue weighted by atomic mass is 19.1. The lowest BCUT2D eigenvalue weighted by Crippen LogP contribution is -2.30. The van der Waals surface area contributed by atoms with Crippen molar-refractivity contribution in [2.75, 3.05) is 13.7 Å². The zero-order valence-electron chi connectivity index (χ0n) is 16.0. The van der Waals surface area contributed by atoms with E-state index >= 15 is 0 Å². The number of aliphatic hydroxyl groups excluding tert-OH is 1. The lowest BCUT2D eigenvalue weighted by Gasteiger charge is -2.23. The van der Waals surface area contributed by atoms with Gasteiger partial charge in [0.05, 0.1) is 18.2 Å². The Balaban J connectivity index is 2.21. The third-order valence-corrected chi connectivity index (χ3v) is 4.74. The summed E-state index contributed by atoms with van der Waals surface area (Å²) in [4.78, 5) is 26.8. The highest BCUT2D eigenvalue weighted by Crippen LogP contribution is 2.41. The first-order valence-electron chi connectivity index (χ1n) is 9.07. The molecule has 0 saturated carbocycles. The SMILES string of the molecule is CCCCN1C(=O)C(=O)/C(=C(/O)c2cc(F)ccc2OC)C1c1ccc(C)o1. The molecule has 1 amide bonds. The van der Waals surface area contributed by atoms with E-state index in [2.05, 4.69) is 0 Å². The Kier molecular flexibility index (Phi) is 5.53. The van der Waals surface area contributed by atoms with Gasteiger partial charge in [-0.2, -0.15) is 0 Å². The van der Waals surface area contributed by atoms with Crippen LogP contribution in [0.3, 0.4) is 0 Å². The van der Waals surface area contributed by atoms with Gasteiger partial charge < -0.3 is 19.2 Å². The van der Waals surface area contributed by atoms with E-state index in [0.29, 0.717) is 24.5 Å². The maximum absolute atomic E-state index is 13.8. The Morgan fingerprint density at radius 3 is 2.64 bits per heavy atom. The number of furan rings is 1. The third kappa shape index (κ3) is 3.40. The van der Waals surface area contributed by atoms with Crippen LogP contribution in [0.5, 0.6) is 5.75 Å². The number of aryl methyl sites for hydroxylation is 1. The standard InChI is InChI=1S/C21H22FNO5/c1-4-5-10-23-18(16-8-6-12(2)28-16)17(20(25)21(23)26)19(24)14-11-13(22)7-9-15(14)27-3/h6-9,11,18,24H,4-5,10H2,1-3H3/b19-17+. The van der Waals surface area contributed by atoms with Gasteiger partial charge in [-0.1, -0.05) is 13.3 Å². The van der Waals surface area contributed by atoms with Crippen molar-refractivity contribution in [3.63, 3.8) is 0 Å². The highest BCUT2D eigenvalue weighted by Gasteiger charge is 2.47. The predicted octanol–water partition coefficient (Wildman–Crippen LogP) is 3.96. The number of methoxy groups -OCH3 is 1. The zero-order valence-corrected chi connectivity index (χ0v) is 16.0. The molecule has 1 aliphatic rings. The summed E-state index contributed by atoms with van der Waals surface area (Å²) in [5.41, 5.74) is -0.136. The highest BCUT2D eigenvalue weighted by molar-refractivity contribution is 6.46. The van der Waals surface area contributed by atoms with Crippen LogP contribution in [0, 0.1) is 12.7 Å². The molecule has 2 aromatic rings. The van der Waals surface area contributed by atoms with Crippen molar-refractivity contribution in [1.82, 2.24) is 4.90 Å². The van der Waals surface area contributed by atoms with Gasteiger partial charge in [0.1, 0.15) is 34.9 Å². The molecular weight excluding hydrogens is 365 g/mol. The Bertz CT molecular complexity index is 946. The lowest BCUT2D eigenvalue weighted by molar-refractivity contribution is -0.140. The summed E-state index contributed by atoms with van der Waals surface area (Å²) in [7, 11) is 1.37. The normalized spacial score (nSPS) is 18.7. The largest absolute Gasteiger partial charge is 0.507 e. The van der Waals surface area contributed by atoms with Gasteiger partial charge in [-0.25, -0.2) is 4.39 Å². The van der Waals surface area contributed by atoms with Gasteiger partial charge in [-0.3, -0.25) is 9.59 Å². The number of likely N-dealkylation sites (tertiary alicyclic amines) is 1. The second-order valence-electron chi connectivity index (χ2n) is 6.64. The van der Waals surface area contributed by atoms with Gasteiger partial charge >= 0.3 is 0 Å². The maximum atomic E-state index is 13.8. The van der Waals surface area contributed by atoms with E-state index < -0.39 is 29.3 Å². The first-order valence-corrected chi connectivity index (χ1v) is 9.07. The summed E-state index contributed by atoms with van der Waals surface area (Å²) in [5, 5.41) is 10.9. The summed E-state index contributed by atoms with van der Waals surface area (Å²) in [6.07, 6.45) is 1.51. The lowest BCUT2D eigenvalue weighted by atomic mass is 9.98. The molecule has 3 rings (SSSR count). The van der Waals surface area contributed by atoms with E-state index in [9.17, 15) is 19.1 Å². The van der Waals surface area contributed by atoms with E-state index in [1.807, 2.05) is 6.92 Å². The van der Waals surface area contributed by atoms with Gasteiger partial charge in [-0.05, 0) is 43.7 Å². The molecule has 0 radical (unpaired) electrons. The summed E-state index contributed by atoms with van der Waals surface area (Å²) in [6, 6.07) is 6.11. The number of hydrogen-bond donors (Lipinski definition) is 1. The molecule has 1 aliphatic heterocycles. The minimum Gasteiger partial charge on any atom is -0.507 e. The summed E-state index contributed by atoms with van der Waals surface area (Å²) >= 11 is 0. The summed E-state index contributed by atoms with van der Waals surface area (Å²) < 4.78 is 24.7. The van der Waals surface area contributed by atoms with Crippen LogP contribution in [0.4, 0.5) is 4.39 Å². The van der Waals surface area contributed by atoms with Crippen LogP contribution in [-0.4, -0.2) is 35.4 Å². The van der Waals surface area contributed by atoms with Crippen LogP contribution in [-0.2, 0) is 9.59 Å². The molecule has 1 N–H and O–H groups in total. The number of ketones is 1. The molecule has 28 heavy (non-hydrogen) atoms. The fourth-order valence-electron chi connectivity index (χ4n) is 3.35. The number of benzene rings is 1. The molecule has 148 valence electrons. The predicted molar refractivity (Wildman–Crippen MR) is 100 cm³/mol. The maximum Gasteiger partial charge on any atom is 0.295 e. The van der Waals surface area contributed by atoms with E-state index in [0.717, 1.165) is 12.5 Å². The molecule has 0 spiro atoms. The van der Waals surface area contributed by atoms with Crippen LogP contribution >= 0.6 is 0 Å². The van der Waals surface area contributed by atoms with Gasteiger partial charge in [0, 0.05) is 6.54 Å². The number of carbonyl (C=O) groups is 2. The topological polar surface area (TPSA) is 80.0 Å². The second kappa shape index (κ2) is 7.88. The molecule has 7 heteroatoms. The molecule has 1 saturated heterocycles. The smallest absolute Gasteiger partial charge is 0.295 e. The second-order valence-corrected chi connectivity index (χ2v) is 6.64. The van der Waals surface area contributed by atoms with E-state index in [4.69, 9.17) is 9.15 Å². The van der Waals surface area contributed by atoms with E-state index in [1.165, 1.54) is 24.1 Å². The Morgan fingerprint density at radius 1 is 1.29 bits per heavy atom. The molecular formula is C21H22FNO5. The number of unbranched alkanes of at least 4 members (excludes halogenated alkanes) is 1. The van der Waals surface area contributed by atoms with Gasteiger partial charge in [0.25, 0.3) is 11.7 Å². The average molecular weight is 387 g/mol. The Hall–Kier alpha value is -3.09. The molecule has 1 unspecified atom stereocenters. The number of amides is 1. The van der Waals surface area contributed by atoms with Crippen molar-refractivity contribution in [3.8, 4) is 5.75 Å². The number of rotatable bonds is 6. The minimum absolute atomic E-state index is 0.00395. The van der Waals surface area contributed by atoms with Crippen molar-refractivity contribution in [2.24, 2.45) is 0 Å². The van der Waals surface area contributed by atoms with Crippen LogP contribution in [0.25, 0.3) is 5.76 Å². The van der Waals surface area contributed by atoms with Crippen LogP contribution < -0.4 is 4.74 Å². The van der Waals surface area contributed by atoms with Crippen LogP contribution in [0.1, 0.15) is 42.9 Å². The number of hydrogen-bond acceptors (Lipinski definition) is 5. The molecule has 1 aromatic carbocycles. The molecule has 0 bridgehead atoms. The van der Waals surface area contributed by atoms with Crippen molar-refractivity contribution >= 4 is 17.4 Å². The molecule has 1 aromatic heterocycles. The molecule has 1 fully saturated rings. The fourth-order valence-corrected chi connectivity index (χ4v) is 3.35. The van der Waals surface area contributed by atoms with Gasteiger partial charge in [-0.15, -0.1) is 0 Å². The number of carbonyl (C=O) groups excluding carboxylic acids is 2. The molecule has 0 aliphatic carbocycles. The summed E-state index contributed by atoms with van der Waals surface area (Å²) in [6.45, 7) is 4.06. The molecule has 1 atom stereocenters. The number of nitrogens with zero attached hydrogens (tertiary/aromatic N) is 1. The number of aliphatic hydroxyl groups is 1. The van der Waals surface area contributed by atoms with E-state index in [1.54, 1.807) is 19.1 Å². The molecule has 6 nitrogen and oxygen atoms in total. The van der Waals surface area contributed by atoms with Crippen molar-refractivity contribution in [2.45, 2.75) is 32.7 Å². The minimum atomic E-state index is -0.881. The van der Waals surface area contributed by atoms with Crippen molar-refractivity contribution < 1.29 is 28.2 Å². The zero-order chi connectivity index (χ0) is 20.4. The average Bonchev–Trinajstić information content (AvgIpc) is 3.21. The van der Waals surface area contributed by atoms with Crippen molar-refractivity contribution in [3.05, 3.63) is 58.8 Å². The van der Waals surface area contributed by atoms with Crippen molar-refractivity contribution in [1.29, 1.82) is 0 Å². The first-order chi connectivity index (χ1) is 13.4. The quantitative estimate of drug-likeness (QED) is 0.461. The Morgan fingerprint density at radius 2 is 2.04 bits per heavy atom. The summed E-state index contributed by atoms with van der Waals surface area (Å²) in [5.74, 6) is -1.48. The number of halogens is 1. The first kappa shape index (κ1) is 19.7. The number of Topliss-reactive ketones (excluding diaryl/α,β-unsaturated/α-hetero) is 1. The van der Waals surface area contributed by atoms with Gasteiger partial charge in [0.15, 0.2) is 0 Å². The van der Waals surface area contributed by atoms with E-state index in [-0.39, 0.29) is 16.9 Å². The third-order valence-electron chi connectivity index (χ3n) is 4.74.